The van der Waals surface area contributed by atoms with Crippen molar-refractivity contribution in [1.29, 1.82) is 0 Å². The normalized spacial score (nSPS) is 14.2. The smallest absolute Gasteiger partial charge is 0.352 e. The number of ether oxygens (including phenoxy) is 1. The van der Waals surface area contributed by atoms with Crippen molar-refractivity contribution in [3.05, 3.63) is 47.0 Å². The van der Waals surface area contributed by atoms with E-state index in [-0.39, 0.29) is 18.2 Å². The van der Waals surface area contributed by atoms with Crippen LogP contribution in [0.2, 0.25) is 0 Å². The van der Waals surface area contributed by atoms with Crippen LogP contribution >= 0.6 is 11.8 Å². The minimum atomic E-state index is -0.395. The molecule has 0 unspecified atom stereocenters. The largest absolute Gasteiger partial charge is 0.497 e. The maximum absolute atomic E-state index is 12.5. The Labute approximate surface area is 165 Å². The molecule has 146 valence electrons. The van der Waals surface area contributed by atoms with Crippen molar-refractivity contribution in [1.82, 2.24) is 19.2 Å². The summed E-state index contributed by atoms with van der Waals surface area (Å²) in [5, 5.41) is 6.96. The lowest BCUT2D eigenvalue weighted by Gasteiger charge is -2.27. The molecule has 0 bridgehead atoms. The summed E-state index contributed by atoms with van der Waals surface area (Å²) in [6, 6.07) is 8.77. The standard InChI is InChI=1S/C18H20N6O3S/c1-27-14-4-2-13(3-5-14)19-16(25)12-24-18(26)23-7-6-15(20-17(23)21-24)22-8-10-28-11-9-22/h2-7H,8-12H2,1H3,(H,19,25). The van der Waals surface area contributed by atoms with E-state index in [4.69, 9.17) is 4.74 Å². The SMILES string of the molecule is COc1ccc(NC(=O)Cn2nc3nc(N4CCSCC4)ccn3c2=O)cc1. The summed E-state index contributed by atoms with van der Waals surface area (Å²) in [6.07, 6.45) is 1.66. The first kappa shape index (κ1) is 18.4. The second kappa shape index (κ2) is 7.93. The highest BCUT2D eigenvalue weighted by Gasteiger charge is 2.16. The molecule has 1 aliphatic heterocycles. The fourth-order valence-electron chi connectivity index (χ4n) is 2.98. The molecule has 0 spiro atoms. The fraction of sp³-hybridized carbons (Fsp3) is 0.333. The van der Waals surface area contributed by atoms with E-state index in [9.17, 15) is 9.59 Å². The van der Waals surface area contributed by atoms with Crippen LogP contribution in [0.1, 0.15) is 0 Å². The molecule has 1 aliphatic rings. The number of nitrogens with one attached hydrogen (secondary N) is 1. The van der Waals surface area contributed by atoms with Crippen LogP contribution in [-0.4, -0.2) is 56.8 Å². The van der Waals surface area contributed by atoms with Crippen molar-refractivity contribution in [2.24, 2.45) is 0 Å². The van der Waals surface area contributed by atoms with Crippen LogP contribution in [0.25, 0.3) is 5.78 Å². The van der Waals surface area contributed by atoms with Crippen LogP contribution in [0, 0.1) is 0 Å². The van der Waals surface area contributed by atoms with Gasteiger partial charge >= 0.3 is 5.69 Å². The minimum absolute atomic E-state index is 0.191. The topological polar surface area (TPSA) is 93.8 Å². The summed E-state index contributed by atoms with van der Waals surface area (Å²) in [7, 11) is 1.58. The third kappa shape index (κ3) is 3.81. The number of hydrogen-bond donors (Lipinski definition) is 1. The van der Waals surface area contributed by atoms with Gasteiger partial charge in [0.05, 0.1) is 7.11 Å². The molecule has 0 atom stereocenters. The highest BCUT2D eigenvalue weighted by Crippen LogP contribution is 2.17. The van der Waals surface area contributed by atoms with Crippen molar-refractivity contribution < 1.29 is 9.53 Å². The van der Waals surface area contributed by atoms with Gasteiger partial charge in [-0.3, -0.25) is 4.79 Å². The number of hydrogen-bond acceptors (Lipinski definition) is 7. The van der Waals surface area contributed by atoms with E-state index in [2.05, 4.69) is 20.3 Å². The van der Waals surface area contributed by atoms with E-state index < -0.39 is 5.69 Å². The summed E-state index contributed by atoms with van der Waals surface area (Å²) in [6.45, 7) is 1.65. The molecule has 0 aliphatic carbocycles. The van der Waals surface area contributed by atoms with Crippen LogP contribution in [0.4, 0.5) is 11.5 Å². The lowest BCUT2D eigenvalue weighted by Crippen LogP contribution is -2.33. The number of thioether (sulfide) groups is 1. The Bertz CT molecular complexity index is 1040. The highest BCUT2D eigenvalue weighted by molar-refractivity contribution is 7.99. The first-order chi connectivity index (χ1) is 13.6. The van der Waals surface area contributed by atoms with Gasteiger partial charge in [-0.05, 0) is 30.3 Å². The number of carbonyl (C=O) groups is 1. The molecule has 1 saturated heterocycles. The molecule has 2 aromatic heterocycles. The molecular weight excluding hydrogens is 380 g/mol. The average Bonchev–Trinajstić information content (AvgIpc) is 3.04. The van der Waals surface area contributed by atoms with E-state index in [1.54, 1.807) is 37.6 Å². The molecule has 9 nitrogen and oxygen atoms in total. The van der Waals surface area contributed by atoms with Gasteiger partial charge < -0.3 is 15.0 Å². The molecule has 3 aromatic rings. The van der Waals surface area contributed by atoms with Gasteiger partial charge in [-0.1, -0.05) is 0 Å². The average molecular weight is 400 g/mol. The molecule has 10 heteroatoms. The van der Waals surface area contributed by atoms with Gasteiger partial charge in [0.1, 0.15) is 18.1 Å². The number of benzene rings is 1. The Balaban J connectivity index is 1.50. The molecular formula is C18H20N6O3S. The zero-order valence-electron chi connectivity index (χ0n) is 15.4. The zero-order chi connectivity index (χ0) is 19.5. The number of methoxy groups -OCH3 is 1. The van der Waals surface area contributed by atoms with Gasteiger partial charge in [0, 0.05) is 36.5 Å². The molecule has 1 N–H and O–H groups in total. The van der Waals surface area contributed by atoms with Gasteiger partial charge in [0.2, 0.25) is 5.91 Å². The van der Waals surface area contributed by atoms with E-state index in [0.29, 0.717) is 11.4 Å². The third-order valence-corrected chi connectivity index (χ3v) is 5.38. The quantitative estimate of drug-likeness (QED) is 0.685. The van der Waals surface area contributed by atoms with Crippen LogP contribution < -0.4 is 20.6 Å². The van der Waals surface area contributed by atoms with Gasteiger partial charge in [-0.25, -0.2) is 13.9 Å². The summed E-state index contributed by atoms with van der Waals surface area (Å²) < 4.78 is 7.56. The van der Waals surface area contributed by atoms with E-state index in [1.807, 2.05) is 17.8 Å². The second-order valence-corrected chi connectivity index (χ2v) is 7.50. The molecule has 0 saturated carbocycles. The molecule has 3 heterocycles. The van der Waals surface area contributed by atoms with Crippen LogP contribution in [0.5, 0.6) is 5.75 Å². The molecule has 1 amide bonds. The number of rotatable bonds is 5. The molecule has 4 rings (SSSR count). The number of amides is 1. The van der Waals surface area contributed by atoms with Crippen molar-refractivity contribution in [2.75, 3.05) is 41.9 Å². The lowest BCUT2D eigenvalue weighted by molar-refractivity contribution is -0.117. The van der Waals surface area contributed by atoms with Gasteiger partial charge in [-0.15, -0.1) is 5.10 Å². The van der Waals surface area contributed by atoms with Crippen molar-refractivity contribution >= 4 is 35.0 Å². The molecule has 1 fully saturated rings. The second-order valence-electron chi connectivity index (χ2n) is 6.27. The number of carbonyl (C=O) groups excluding carboxylic acids is 1. The molecule has 0 radical (unpaired) electrons. The Kier molecular flexibility index (Phi) is 5.20. The predicted octanol–water partition coefficient (Wildman–Crippen LogP) is 1.09. The summed E-state index contributed by atoms with van der Waals surface area (Å²) >= 11 is 1.92. The van der Waals surface area contributed by atoms with E-state index in [1.165, 1.54) is 4.40 Å². The molecule has 1 aromatic carbocycles. The van der Waals surface area contributed by atoms with Crippen molar-refractivity contribution in [3.8, 4) is 5.75 Å². The van der Waals surface area contributed by atoms with Crippen molar-refractivity contribution in [3.63, 3.8) is 0 Å². The first-order valence-electron chi connectivity index (χ1n) is 8.87. The minimum Gasteiger partial charge on any atom is -0.497 e. The Morgan fingerprint density at radius 2 is 1.96 bits per heavy atom. The Hall–Kier alpha value is -3.01. The van der Waals surface area contributed by atoms with Gasteiger partial charge in [0.25, 0.3) is 5.78 Å². The Morgan fingerprint density at radius 1 is 1.21 bits per heavy atom. The maximum Gasteiger partial charge on any atom is 0.352 e. The van der Waals surface area contributed by atoms with Gasteiger partial charge in [-0.2, -0.15) is 16.7 Å². The fourth-order valence-corrected chi connectivity index (χ4v) is 3.88. The summed E-state index contributed by atoms with van der Waals surface area (Å²) in [5.74, 6) is 3.55. The van der Waals surface area contributed by atoms with Crippen LogP contribution in [0.15, 0.2) is 41.3 Å². The number of fused-ring (bicyclic) bond motifs is 1. The third-order valence-electron chi connectivity index (χ3n) is 4.44. The maximum atomic E-state index is 12.5. The Morgan fingerprint density at radius 3 is 2.68 bits per heavy atom. The summed E-state index contributed by atoms with van der Waals surface area (Å²) in [4.78, 5) is 31.5. The van der Waals surface area contributed by atoms with Gasteiger partial charge in [0.15, 0.2) is 0 Å². The van der Waals surface area contributed by atoms with E-state index >= 15 is 0 Å². The zero-order valence-corrected chi connectivity index (χ0v) is 16.2. The van der Waals surface area contributed by atoms with Crippen LogP contribution in [-0.2, 0) is 11.3 Å². The number of aromatic nitrogens is 4. The number of nitrogens with zero attached hydrogens (tertiary/aromatic N) is 5. The summed E-state index contributed by atoms with van der Waals surface area (Å²) in [5.41, 5.74) is 0.221. The number of anilines is 2. The van der Waals surface area contributed by atoms with Crippen LogP contribution in [0.3, 0.4) is 0 Å². The highest BCUT2D eigenvalue weighted by atomic mass is 32.2. The monoisotopic (exact) mass is 400 g/mol. The lowest BCUT2D eigenvalue weighted by atomic mass is 10.3. The van der Waals surface area contributed by atoms with Crippen molar-refractivity contribution in [2.45, 2.75) is 6.54 Å². The predicted molar refractivity (Wildman–Crippen MR) is 108 cm³/mol. The van der Waals surface area contributed by atoms with E-state index in [0.717, 1.165) is 35.1 Å². The first-order valence-corrected chi connectivity index (χ1v) is 10.0. The molecule has 28 heavy (non-hydrogen) atoms.